The zero-order chi connectivity index (χ0) is 15.5. The Bertz CT molecular complexity index is 499. The predicted octanol–water partition coefficient (Wildman–Crippen LogP) is 2.21. The number of hydrogen-bond donors (Lipinski definition) is 0. The second kappa shape index (κ2) is 6.92. The average Bonchev–Trinajstić information content (AvgIpc) is 2.96. The van der Waals surface area contributed by atoms with E-state index in [2.05, 4.69) is 41.6 Å². The molecule has 5 heteroatoms. The van der Waals surface area contributed by atoms with E-state index in [-0.39, 0.29) is 0 Å². The molecule has 0 unspecified atom stereocenters. The summed E-state index contributed by atoms with van der Waals surface area (Å²) in [7, 11) is 0. The van der Waals surface area contributed by atoms with Gasteiger partial charge >= 0.3 is 0 Å². The van der Waals surface area contributed by atoms with Crippen LogP contribution in [0.3, 0.4) is 0 Å². The Kier molecular flexibility index (Phi) is 4.93. The summed E-state index contributed by atoms with van der Waals surface area (Å²) in [6.45, 7) is 12.5. The number of rotatable bonds is 4. The second-order valence-corrected chi connectivity index (χ2v) is 6.78. The minimum atomic E-state index is 0.374. The minimum Gasteiger partial charge on any atom is -0.379 e. The molecule has 2 aliphatic rings. The van der Waals surface area contributed by atoms with Gasteiger partial charge in [-0.05, 0) is 19.8 Å². The van der Waals surface area contributed by atoms with Gasteiger partial charge in [0, 0.05) is 49.9 Å². The Morgan fingerprint density at radius 3 is 2.73 bits per heavy atom. The summed E-state index contributed by atoms with van der Waals surface area (Å²) in [5.74, 6) is 2.46. The average molecular weight is 304 g/mol. The Labute approximate surface area is 133 Å². The number of aromatic nitrogens is 2. The van der Waals surface area contributed by atoms with Gasteiger partial charge in [0.25, 0.3) is 0 Å². The number of aryl methyl sites for hydroxylation is 1. The molecule has 2 fully saturated rings. The maximum Gasteiger partial charge on any atom is 0.133 e. The summed E-state index contributed by atoms with van der Waals surface area (Å²) < 4.78 is 5.46. The van der Waals surface area contributed by atoms with Crippen molar-refractivity contribution in [2.24, 2.45) is 0 Å². The highest BCUT2D eigenvalue weighted by Gasteiger charge is 2.28. The van der Waals surface area contributed by atoms with Crippen molar-refractivity contribution in [1.82, 2.24) is 14.9 Å². The molecule has 0 aliphatic carbocycles. The van der Waals surface area contributed by atoms with E-state index in [4.69, 9.17) is 9.72 Å². The highest BCUT2D eigenvalue weighted by Crippen LogP contribution is 2.26. The van der Waals surface area contributed by atoms with Crippen molar-refractivity contribution in [1.29, 1.82) is 0 Å². The smallest absolute Gasteiger partial charge is 0.133 e. The lowest BCUT2D eigenvalue weighted by Gasteiger charge is -2.33. The van der Waals surface area contributed by atoms with Crippen LogP contribution in [0.2, 0.25) is 0 Å². The predicted molar refractivity (Wildman–Crippen MR) is 88.5 cm³/mol. The van der Waals surface area contributed by atoms with Crippen molar-refractivity contribution >= 4 is 5.82 Å². The molecule has 2 aliphatic heterocycles. The lowest BCUT2D eigenvalue weighted by Crippen LogP contribution is -2.45. The van der Waals surface area contributed by atoms with E-state index in [0.29, 0.717) is 12.0 Å². The number of nitrogens with zero attached hydrogens (tertiary/aromatic N) is 4. The van der Waals surface area contributed by atoms with Crippen LogP contribution in [0.4, 0.5) is 5.82 Å². The van der Waals surface area contributed by atoms with Crippen LogP contribution in [0.15, 0.2) is 6.07 Å². The molecule has 2 saturated heterocycles. The molecule has 0 radical (unpaired) electrons. The molecule has 0 spiro atoms. The monoisotopic (exact) mass is 304 g/mol. The largest absolute Gasteiger partial charge is 0.379 e. The van der Waals surface area contributed by atoms with Crippen LogP contribution in [-0.2, 0) is 4.74 Å². The van der Waals surface area contributed by atoms with Crippen LogP contribution in [0.5, 0.6) is 0 Å². The van der Waals surface area contributed by atoms with Crippen molar-refractivity contribution in [3.05, 3.63) is 17.6 Å². The van der Waals surface area contributed by atoms with Crippen molar-refractivity contribution in [3.8, 4) is 0 Å². The Morgan fingerprint density at radius 2 is 2.00 bits per heavy atom. The third-order valence-electron chi connectivity index (χ3n) is 4.62. The first-order valence-electron chi connectivity index (χ1n) is 8.56. The van der Waals surface area contributed by atoms with Crippen LogP contribution in [0.1, 0.15) is 44.1 Å². The Balaban J connectivity index is 1.74. The van der Waals surface area contributed by atoms with Gasteiger partial charge in [0.2, 0.25) is 0 Å². The van der Waals surface area contributed by atoms with Gasteiger partial charge in [-0.25, -0.2) is 9.97 Å². The van der Waals surface area contributed by atoms with E-state index >= 15 is 0 Å². The quantitative estimate of drug-likeness (QED) is 0.853. The number of morpholine rings is 1. The molecule has 0 saturated carbocycles. The van der Waals surface area contributed by atoms with E-state index in [1.54, 1.807) is 0 Å². The molecular formula is C17H28N4O. The van der Waals surface area contributed by atoms with Gasteiger partial charge in [0.05, 0.1) is 13.2 Å². The molecule has 5 nitrogen and oxygen atoms in total. The first kappa shape index (κ1) is 15.7. The standard InChI is InChI=1S/C17H28N4O/c1-13(2)17-18-14(3)11-16(19-17)21-6-4-5-15(21)12-20-7-9-22-10-8-20/h11,13,15H,4-10,12H2,1-3H3/t15-/m0/s1. The van der Waals surface area contributed by atoms with Gasteiger partial charge in [-0.2, -0.15) is 0 Å². The van der Waals surface area contributed by atoms with E-state index in [1.807, 2.05) is 0 Å². The zero-order valence-electron chi connectivity index (χ0n) is 14.1. The summed E-state index contributed by atoms with van der Waals surface area (Å²) in [6.07, 6.45) is 2.52. The van der Waals surface area contributed by atoms with Crippen molar-refractivity contribution in [3.63, 3.8) is 0 Å². The lowest BCUT2D eigenvalue weighted by molar-refractivity contribution is 0.0354. The van der Waals surface area contributed by atoms with Gasteiger partial charge in [0.1, 0.15) is 11.6 Å². The molecule has 1 atom stereocenters. The van der Waals surface area contributed by atoms with E-state index in [1.165, 1.54) is 12.8 Å². The lowest BCUT2D eigenvalue weighted by atomic mass is 10.2. The molecule has 22 heavy (non-hydrogen) atoms. The van der Waals surface area contributed by atoms with Crippen LogP contribution >= 0.6 is 0 Å². The molecule has 0 aromatic carbocycles. The van der Waals surface area contributed by atoms with Crippen LogP contribution in [0.25, 0.3) is 0 Å². The first-order chi connectivity index (χ1) is 10.6. The van der Waals surface area contributed by atoms with Crippen LogP contribution < -0.4 is 4.90 Å². The van der Waals surface area contributed by atoms with Gasteiger partial charge < -0.3 is 9.64 Å². The first-order valence-corrected chi connectivity index (χ1v) is 8.56. The van der Waals surface area contributed by atoms with E-state index in [9.17, 15) is 0 Å². The second-order valence-electron chi connectivity index (χ2n) is 6.78. The highest BCUT2D eigenvalue weighted by molar-refractivity contribution is 5.42. The summed E-state index contributed by atoms with van der Waals surface area (Å²) in [5, 5.41) is 0. The fourth-order valence-electron chi connectivity index (χ4n) is 3.39. The SMILES string of the molecule is Cc1cc(N2CCC[C@H]2CN2CCOCC2)nc(C(C)C)n1. The van der Waals surface area contributed by atoms with E-state index < -0.39 is 0 Å². The minimum absolute atomic E-state index is 0.374. The zero-order valence-corrected chi connectivity index (χ0v) is 14.1. The maximum absolute atomic E-state index is 5.46. The molecule has 3 rings (SSSR count). The third-order valence-corrected chi connectivity index (χ3v) is 4.62. The van der Waals surface area contributed by atoms with Crippen LogP contribution in [0, 0.1) is 6.92 Å². The molecular weight excluding hydrogens is 276 g/mol. The Hall–Kier alpha value is -1.20. The molecule has 3 heterocycles. The molecule has 1 aromatic heterocycles. The van der Waals surface area contributed by atoms with Crippen molar-refractivity contribution < 1.29 is 4.74 Å². The summed E-state index contributed by atoms with van der Waals surface area (Å²) in [5.41, 5.74) is 1.07. The van der Waals surface area contributed by atoms with Gasteiger partial charge in [-0.1, -0.05) is 13.8 Å². The van der Waals surface area contributed by atoms with E-state index in [0.717, 1.165) is 56.7 Å². The molecule has 0 bridgehead atoms. The molecule has 122 valence electrons. The molecule has 1 aromatic rings. The number of hydrogen-bond acceptors (Lipinski definition) is 5. The molecule has 0 amide bonds. The number of anilines is 1. The topological polar surface area (TPSA) is 41.5 Å². The highest BCUT2D eigenvalue weighted by atomic mass is 16.5. The fourth-order valence-corrected chi connectivity index (χ4v) is 3.39. The van der Waals surface area contributed by atoms with Gasteiger partial charge in [0.15, 0.2) is 0 Å². The summed E-state index contributed by atoms with van der Waals surface area (Å²) in [4.78, 5) is 14.4. The fraction of sp³-hybridized carbons (Fsp3) is 0.765. The normalized spacial score (nSPS) is 23.5. The third kappa shape index (κ3) is 3.58. The van der Waals surface area contributed by atoms with Gasteiger partial charge in [-0.15, -0.1) is 0 Å². The summed E-state index contributed by atoms with van der Waals surface area (Å²) >= 11 is 0. The van der Waals surface area contributed by atoms with Crippen molar-refractivity contribution in [2.45, 2.75) is 45.6 Å². The maximum atomic E-state index is 5.46. The van der Waals surface area contributed by atoms with Crippen LogP contribution in [-0.4, -0.2) is 60.3 Å². The number of ether oxygens (including phenoxy) is 1. The Morgan fingerprint density at radius 1 is 1.23 bits per heavy atom. The summed E-state index contributed by atoms with van der Waals surface area (Å²) in [6, 6.07) is 2.72. The van der Waals surface area contributed by atoms with Gasteiger partial charge in [-0.3, -0.25) is 4.90 Å². The van der Waals surface area contributed by atoms with Crippen molar-refractivity contribution in [2.75, 3.05) is 44.3 Å². The molecule has 0 N–H and O–H groups in total.